The highest BCUT2D eigenvalue weighted by Gasteiger charge is 2.24. The summed E-state index contributed by atoms with van der Waals surface area (Å²) >= 11 is 0. The summed E-state index contributed by atoms with van der Waals surface area (Å²) in [7, 11) is 4.00. The Morgan fingerprint density at radius 3 is 2.81 bits per heavy atom. The molecule has 0 radical (unpaired) electrons. The highest BCUT2D eigenvalue weighted by Crippen LogP contribution is 2.40. The molecule has 2 heterocycles. The van der Waals surface area contributed by atoms with Crippen LogP contribution in [0.4, 0.5) is 0 Å². The SMILES string of the molecule is CC(C)(CNC(=O)CCCCC1CCSS1)c1ccc2c(c1)OCCO2. The summed E-state index contributed by atoms with van der Waals surface area (Å²) in [4.78, 5) is 12.2. The van der Waals surface area contributed by atoms with Crippen molar-refractivity contribution in [2.24, 2.45) is 0 Å². The van der Waals surface area contributed by atoms with E-state index in [1.54, 1.807) is 0 Å². The van der Waals surface area contributed by atoms with Crippen LogP contribution in [-0.4, -0.2) is 36.7 Å². The monoisotopic (exact) mass is 395 g/mol. The van der Waals surface area contributed by atoms with E-state index in [9.17, 15) is 4.79 Å². The Hall–Kier alpha value is -1.01. The van der Waals surface area contributed by atoms with Crippen molar-refractivity contribution >= 4 is 27.5 Å². The van der Waals surface area contributed by atoms with Crippen LogP contribution in [0.25, 0.3) is 0 Å². The fourth-order valence-electron chi connectivity index (χ4n) is 3.20. The molecule has 0 spiro atoms. The summed E-state index contributed by atoms with van der Waals surface area (Å²) in [6, 6.07) is 6.07. The molecule has 2 aliphatic heterocycles. The molecule has 1 fully saturated rings. The average Bonchev–Trinajstić information content (AvgIpc) is 3.17. The minimum absolute atomic E-state index is 0.150. The molecule has 1 unspecified atom stereocenters. The quantitative estimate of drug-likeness (QED) is 0.516. The Bertz CT molecular complexity index is 615. The normalized spacial score (nSPS) is 19.4. The van der Waals surface area contributed by atoms with Crippen LogP contribution in [0.3, 0.4) is 0 Å². The van der Waals surface area contributed by atoms with Crippen molar-refractivity contribution in [3.8, 4) is 11.5 Å². The lowest BCUT2D eigenvalue weighted by molar-refractivity contribution is -0.121. The molecule has 1 aromatic carbocycles. The summed E-state index contributed by atoms with van der Waals surface area (Å²) < 4.78 is 11.3. The molecule has 6 heteroatoms. The summed E-state index contributed by atoms with van der Waals surface area (Å²) in [6.45, 7) is 6.11. The van der Waals surface area contributed by atoms with Crippen LogP contribution in [0.1, 0.15) is 51.5 Å². The van der Waals surface area contributed by atoms with Gasteiger partial charge in [-0.15, -0.1) is 0 Å². The van der Waals surface area contributed by atoms with Crippen molar-refractivity contribution in [1.29, 1.82) is 0 Å². The fourth-order valence-corrected chi connectivity index (χ4v) is 6.22. The van der Waals surface area contributed by atoms with Crippen LogP contribution < -0.4 is 14.8 Å². The van der Waals surface area contributed by atoms with E-state index in [2.05, 4.69) is 25.2 Å². The molecule has 0 aliphatic carbocycles. The number of benzene rings is 1. The Labute approximate surface area is 164 Å². The highest BCUT2D eigenvalue weighted by molar-refractivity contribution is 8.77. The van der Waals surface area contributed by atoms with Gasteiger partial charge in [0.05, 0.1) is 0 Å². The van der Waals surface area contributed by atoms with E-state index in [-0.39, 0.29) is 11.3 Å². The zero-order valence-electron chi connectivity index (χ0n) is 15.7. The number of amides is 1. The number of carbonyl (C=O) groups is 1. The van der Waals surface area contributed by atoms with Crippen molar-refractivity contribution in [3.05, 3.63) is 23.8 Å². The third-order valence-electron chi connectivity index (χ3n) is 4.96. The Morgan fingerprint density at radius 1 is 1.23 bits per heavy atom. The first-order valence-electron chi connectivity index (χ1n) is 9.50. The van der Waals surface area contributed by atoms with Crippen LogP contribution >= 0.6 is 21.6 Å². The first-order valence-corrected chi connectivity index (χ1v) is 11.9. The molecule has 4 nitrogen and oxygen atoms in total. The molecule has 2 aliphatic rings. The maximum Gasteiger partial charge on any atom is 0.220 e. The van der Waals surface area contributed by atoms with Gasteiger partial charge in [-0.1, -0.05) is 47.9 Å². The first kappa shape index (κ1) is 19.7. The molecule has 1 saturated heterocycles. The van der Waals surface area contributed by atoms with E-state index < -0.39 is 0 Å². The predicted molar refractivity (Wildman–Crippen MR) is 110 cm³/mol. The van der Waals surface area contributed by atoms with E-state index in [0.717, 1.165) is 35.2 Å². The summed E-state index contributed by atoms with van der Waals surface area (Å²) in [5.74, 6) is 3.05. The van der Waals surface area contributed by atoms with Gasteiger partial charge in [0.25, 0.3) is 0 Å². The maximum absolute atomic E-state index is 12.2. The van der Waals surface area contributed by atoms with Gasteiger partial charge in [0.15, 0.2) is 11.5 Å². The van der Waals surface area contributed by atoms with Gasteiger partial charge in [-0.25, -0.2) is 0 Å². The number of fused-ring (bicyclic) bond motifs is 1. The minimum atomic E-state index is -0.150. The summed E-state index contributed by atoms with van der Waals surface area (Å²) in [6.07, 6.45) is 5.33. The van der Waals surface area contributed by atoms with Gasteiger partial charge < -0.3 is 14.8 Å². The summed E-state index contributed by atoms with van der Waals surface area (Å²) in [5.41, 5.74) is 1.00. The zero-order chi connectivity index (χ0) is 18.4. The van der Waals surface area contributed by atoms with E-state index in [1.165, 1.54) is 18.6 Å². The van der Waals surface area contributed by atoms with Crippen molar-refractivity contribution < 1.29 is 14.3 Å². The number of ether oxygens (including phenoxy) is 2. The standard InChI is InChI=1S/C20H29NO3S2/c1-20(2,15-7-8-17-18(13-15)24-11-10-23-17)14-21-19(22)6-4-3-5-16-9-12-25-26-16/h7-8,13,16H,3-6,9-12,14H2,1-2H3,(H,21,22). The molecule has 144 valence electrons. The Balaban J connectivity index is 1.41. The second-order valence-electron chi connectivity index (χ2n) is 7.59. The van der Waals surface area contributed by atoms with Gasteiger partial charge in [0.2, 0.25) is 5.91 Å². The topological polar surface area (TPSA) is 47.6 Å². The Kier molecular flexibility index (Phi) is 7.04. The molecule has 0 aromatic heterocycles. The predicted octanol–water partition coefficient (Wildman–Crippen LogP) is 4.57. The molecule has 3 rings (SSSR count). The Morgan fingerprint density at radius 2 is 2.04 bits per heavy atom. The van der Waals surface area contributed by atoms with Crippen molar-refractivity contribution in [2.45, 2.75) is 56.6 Å². The van der Waals surface area contributed by atoms with Gasteiger partial charge in [0, 0.05) is 29.4 Å². The number of hydrogen-bond donors (Lipinski definition) is 1. The minimum Gasteiger partial charge on any atom is -0.486 e. The van der Waals surface area contributed by atoms with Crippen LogP contribution in [0, 0.1) is 0 Å². The lowest BCUT2D eigenvalue weighted by Crippen LogP contribution is -2.36. The van der Waals surface area contributed by atoms with Gasteiger partial charge in [-0.3, -0.25) is 4.79 Å². The van der Waals surface area contributed by atoms with E-state index >= 15 is 0 Å². The van der Waals surface area contributed by atoms with Crippen LogP contribution in [0.5, 0.6) is 11.5 Å². The van der Waals surface area contributed by atoms with Crippen LogP contribution in [-0.2, 0) is 10.2 Å². The number of rotatable bonds is 8. The van der Waals surface area contributed by atoms with Crippen molar-refractivity contribution in [3.63, 3.8) is 0 Å². The number of carbonyl (C=O) groups excluding carboxylic acids is 1. The molecular formula is C20H29NO3S2. The number of hydrogen-bond acceptors (Lipinski definition) is 5. The van der Waals surface area contributed by atoms with E-state index in [1.807, 2.05) is 33.7 Å². The van der Waals surface area contributed by atoms with Crippen LogP contribution in [0.2, 0.25) is 0 Å². The molecule has 0 bridgehead atoms. The summed E-state index contributed by atoms with van der Waals surface area (Å²) in [5, 5.41) is 3.91. The molecule has 0 saturated carbocycles. The fraction of sp³-hybridized carbons (Fsp3) is 0.650. The van der Waals surface area contributed by atoms with Gasteiger partial charge in [0.1, 0.15) is 13.2 Å². The number of nitrogens with one attached hydrogen (secondary N) is 1. The van der Waals surface area contributed by atoms with Gasteiger partial charge in [-0.05, 0) is 37.0 Å². The third kappa shape index (κ3) is 5.49. The lowest BCUT2D eigenvalue weighted by atomic mass is 9.84. The van der Waals surface area contributed by atoms with E-state index in [4.69, 9.17) is 9.47 Å². The second kappa shape index (κ2) is 9.27. The first-order chi connectivity index (χ1) is 12.5. The second-order valence-corrected chi connectivity index (χ2v) is 10.4. The number of unbranched alkanes of at least 4 members (excludes halogenated alkanes) is 1. The molecule has 1 amide bonds. The lowest BCUT2D eigenvalue weighted by Gasteiger charge is -2.28. The van der Waals surface area contributed by atoms with Gasteiger partial charge in [-0.2, -0.15) is 0 Å². The van der Waals surface area contributed by atoms with Crippen molar-refractivity contribution in [1.82, 2.24) is 5.32 Å². The molecule has 26 heavy (non-hydrogen) atoms. The zero-order valence-corrected chi connectivity index (χ0v) is 17.3. The smallest absolute Gasteiger partial charge is 0.220 e. The molecule has 1 aromatic rings. The molecular weight excluding hydrogens is 366 g/mol. The average molecular weight is 396 g/mol. The largest absolute Gasteiger partial charge is 0.486 e. The van der Waals surface area contributed by atoms with Crippen LogP contribution in [0.15, 0.2) is 18.2 Å². The molecule has 1 atom stereocenters. The van der Waals surface area contributed by atoms with Gasteiger partial charge >= 0.3 is 0 Å². The molecule has 1 N–H and O–H groups in total. The highest BCUT2D eigenvalue weighted by atomic mass is 33.1. The van der Waals surface area contributed by atoms with E-state index in [0.29, 0.717) is 26.2 Å². The third-order valence-corrected chi connectivity index (χ3v) is 7.97. The maximum atomic E-state index is 12.2. The van der Waals surface area contributed by atoms with Crippen molar-refractivity contribution in [2.75, 3.05) is 25.5 Å².